The van der Waals surface area contributed by atoms with Crippen molar-refractivity contribution >= 4 is 11.8 Å². The van der Waals surface area contributed by atoms with Gasteiger partial charge in [0.2, 0.25) is 0 Å². The molecule has 0 radical (unpaired) electrons. The van der Waals surface area contributed by atoms with Gasteiger partial charge in [-0.25, -0.2) is 9.97 Å². The first-order valence-corrected chi connectivity index (χ1v) is 7.43. The van der Waals surface area contributed by atoms with Crippen molar-refractivity contribution in [3.63, 3.8) is 0 Å². The minimum atomic E-state index is -4.49. The van der Waals surface area contributed by atoms with Gasteiger partial charge in [0.05, 0.1) is 0 Å². The molecule has 1 aliphatic rings. The summed E-state index contributed by atoms with van der Waals surface area (Å²) in [6.45, 7) is 4.19. The Bertz CT molecular complexity index is 693. The largest absolute Gasteiger partial charge is 0.433 e. The molecule has 0 N–H and O–H groups in total. The third-order valence-electron chi connectivity index (χ3n) is 3.11. The number of allylic oxidation sites excluding steroid dienone is 1. The molecular formula is C13H12F3N5S. The number of nitrogens with zero attached hydrogens (tertiary/aromatic N) is 5. The van der Waals surface area contributed by atoms with Crippen molar-refractivity contribution in [3.8, 4) is 0 Å². The van der Waals surface area contributed by atoms with Crippen LogP contribution in [0, 0.1) is 0 Å². The lowest BCUT2D eigenvalue weighted by atomic mass is 10.4. The minimum Gasteiger partial charge on any atom is -0.302 e. The van der Waals surface area contributed by atoms with Crippen LogP contribution in [0.15, 0.2) is 35.2 Å². The van der Waals surface area contributed by atoms with Gasteiger partial charge in [-0.1, -0.05) is 6.08 Å². The van der Waals surface area contributed by atoms with Gasteiger partial charge in [0.1, 0.15) is 11.5 Å². The van der Waals surface area contributed by atoms with E-state index in [0.717, 1.165) is 42.7 Å². The van der Waals surface area contributed by atoms with Crippen molar-refractivity contribution in [2.75, 3.05) is 0 Å². The molecule has 0 unspecified atom stereocenters. The van der Waals surface area contributed by atoms with Crippen LogP contribution in [0.4, 0.5) is 13.2 Å². The van der Waals surface area contributed by atoms with Gasteiger partial charge in [0.15, 0.2) is 10.3 Å². The zero-order valence-electron chi connectivity index (χ0n) is 11.4. The molecular weight excluding hydrogens is 315 g/mol. The average Bonchev–Trinajstić information content (AvgIpc) is 3.24. The molecule has 5 nitrogen and oxygen atoms in total. The van der Waals surface area contributed by atoms with Crippen molar-refractivity contribution in [1.82, 2.24) is 24.7 Å². The Balaban J connectivity index is 1.88. The minimum absolute atomic E-state index is 0.00474. The van der Waals surface area contributed by atoms with E-state index in [4.69, 9.17) is 0 Å². The molecule has 0 amide bonds. The van der Waals surface area contributed by atoms with E-state index in [1.165, 1.54) is 0 Å². The Morgan fingerprint density at radius 2 is 2.14 bits per heavy atom. The van der Waals surface area contributed by atoms with Crippen molar-refractivity contribution in [1.29, 1.82) is 0 Å². The summed E-state index contributed by atoms with van der Waals surface area (Å²) in [5.74, 6) is 1.22. The van der Waals surface area contributed by atoms with Gasteiger partial charge in [0.25, 0.3) is 0 Å². The molecule has 0 aromatic carbocycles. The molecule has 2 aromatic rings. The van der Waals surface area contributed by atoms with E-state index in [1.54, 1.807) is 6.08 Å². The second-order valence-corrected chi connectivity index (χ2v) is 5.77. The summed E-state index contributed by atoms with van der Waals surface area (Å²) in [6.07, 6.45) is 0.409. The Morgan fingerprint density at radius 3 is 2.77 bits per heavy atom. The molecule has 0 saturated heterocycles. The Morgan fingerprint density at radius 1 is 1.36 bits per heavy atom. The molecule has 22 heavy (non-hydrogen) atoms. The van der Waals surface area contributed by atoms with E-state index in [1.807, 2.05) is 4.57 Å². The van der Waals surface area contributed by atoms with Gasteiger partial charge < -0.3 is 4.57 Å². The van der Waals surface area contributed by atoms with Gasteiger partial charge in [-0.15, -0.1) is 16.8 Å². The maximum absolute atomic E-state index is 12.7. The summed E-state index contributed by atoms with van der Waals surface area (Å²) in [5, 5.41) is 8.65. The molecule has 0 spiro atoms. The fourth-order valence-corrected chi connectivity index (χ4v) is 2.73. The van der Waals surface area contributed by atoms with E-state index < -0.39 is 11.9 Å². The van der Waals surface area contributed by atoms with E-state index in [9.17, 15) is 13.2 Å². The summed E-state index contributed by atoms with van der Waals surface area (Å²) < 4.78 is 39.9. The molecule has 3 rings (SSSR count). The van der Waals surface area contributed by atoms with Gasteiger partial charge in [-0.05, 0) is 30.7 Å². The van der Waals surface area contributed by atoms with Crippen LogP contribution in [0.1, 0.15) is 30.3 Å². The zero-order chi connectivity index (χ0) is 15.7. The summed E-state index contributed by atoms with van der Waals surface area (Å²) in [7, 11) is 0. The number of hydrogen-bond acceptors (Lipinski definition) is 5. The standard InChI is InChI=1S/C13H12F3N5S/c1-2-7-21-10(8-3-4-8)19-20-12(21)22-11-17-6-5-9(18-11)13(14,15)16/h2,5-6,8H,1,3-4,7H2. The zero-order valence-corrected chi connectivity index (χ0v) is 12.2. The number of alkyl halides is 3. The predicted molar refractivity (Wildman–Crippen MR) is 73.4 cm³/mol. The van der Waals surface area contributed by atoms with Crippen LogP contribution in [0.2, 0.25) is 0 Å². The van der Waals surface area contributed by atoms with E-state index >= 15 is 0 Å². The number of aromatic nitrogens is 5. The molecule has 1 fully saturated rings. The van der Waals surface area contributed by atoms with Crippen LogP contribution in [0.25, 0.3) is 0 Å². The second kappa shape index (κ2) is 5.71. The van der Waals surface area contributed by atoms with Crippen molar-refractivity contribution < 1.29 is 13.2 Å². The van der Waals surface area contributed by atoms with E-state index in [-0.39, 0.29) is 5.16 Å². The van der Waals surface area contributed by atoms with Gasteiger partial charge in [-0.2, -0.15) is 13.2 Å². The van der Waals surface area contributed by atoms with Crippen LogP contribution in [-0.2, 0) is 12.7 Å². The lowest BCUT2D eigenvalue weighted by Crippen LogP contribution is -2.09. The molecule has 0 aliphatic heterocycles. The fraction of sp³-hybridized carbons (Fsp3) is 0.385. The molecule has 1 saturated carbocycles. The first kappa shape index (κ1) is 15.0. The second-order valence-electron chi connectivity index (χ2n) is 4.84. The van der Waals surface area contributed by atoms with E-state index in [2.05, 4.69) is 26.7 Å². The van der Waals surface area contributed by atoms with Crippen LogP contribution in [-0.4, -0.2) is 24.7 Å². The maximum Gasteiger partial charge on any atom is 0.433 e. The molecule has 9 heteroatoms. The first-order chi connectivity index (χ1) is 10.5. The topological polar surface area (TPSA) is 56.5 Å². The normalized spacial score (nSPS) is 15.0. The lowest BCUT2D eigenvalue weighted by Gasteiger charge is -2.08. The summed E-state index contributed by atoms with van der Waals surface area (Å²) in [6, 6.07) is 0.841. The van der Waals surface area contributed by atoms with Gasteiger partial charge in [0, 0.05) is 18.7 Å². The number of hydrogen-bond donors (Lipinski definition) is 0. The van der Waals surface area contributed by atoms with E-state index in [0.29, 0.717) is 17.6 Å². The lowest BCUT2D eigenvalue weighted by molar-refractivity contribution is -0.141. The molecule has 0 atom stereocenters. The number of halogens is 3. The maximum atomic E-state index is 12.7. The summed E-state index contributed by atoms with van der Waals surface area (Å²) >= 11 is 0.970. The summed E-state index contributed by atoms with van der Waals surface area (Å²) in [4.78, 5) is 7.39. The average molecular weight is 327 g/mol. The molecule has 0 bridgehead atoms. The van der Waals surface area contributed by atoms with Crippen LogP contribution >= 0.6 is 11.8 Å². The fourth-order valence-electron chi connectivity index (χ4n) is 1.95. The Hall–Kier alpha value is -1.90. The monoisotopic (exact) mass is 327 g/mol. The quantitative estimate of drug-likeness (QED) is 0.623. The highest BCUT2D eigenvalue weighted by Crippen LogP contribution is 2.40. The van der Waals surface area contributed by atoms with Gasteiger partial charge >= 0.3 is 6.18 Å². The predicted octanol–water partition coefficient (Wildman–Crippen LogP) is 3.30. The smallest absolute Gasteiger partial charge is 0.302 e. The van der Waals surface area contributed by atoms with Crippen LogP contribution in [0.3, 0.4) is 0 Å². The Labute approximate surface area is 128 Å². The molecule has 116 valence electrons. The Kier molecular flexibility index (Phi) is 3.90. The van der Waals surface area contributed by atoms with Crippen molar-refractivity contribution in [2.45, 2.75) is 41.8 Å². The molecule has 2 aromatic heterocycles. The van der Waals surface area contributed by atoms with Crippen molar-refractivity contribution in [3.05, 3.63) is 36.4 Å². The highest BCUT2D eigenvalue weighted by atomic mass is 32.2. The third kappa shape index (κ3) is 3.13. The van der Waals surface area contributed by atoms with Crippen LogP contribution in [0.5, 0.6) is 0 Å². The highest BCUT2D eigenvalue weighted by Gasteiger charge is 2.33. The number of rotatable bonds is 5. The van der Waals surface area contributed by atoms with Crippen molar-refractivity contribution in [2.24, 2.45) is 0 Å². The summed E-state index contributed by atoms with van der Waals surface area (Å²) in [5.41, 5.74) is -0.970. The van der Waals surface area contributed by atoms with Crippen LogP contribution < -0.4 is 0 Å². The molecule has 1 aliphatic carbocycles. The first-order valence-electron chi connectivity index (χ1n) is 6.61. The molecule has 2 heterocycles. The van der Waals surface area contributed by atoms with Gasteiger partial charge in [-0.3, -0.25) is 0 Å². The third-order valence-corrected chi connectivity index (χ3v) is 3.97. The SMILES string of the molecule is C=CCn1c(Sc2nccc(C(F)(F)F)n2)nnc1C1CC1. The highest BCUT2D eigenvalue weighted by molar-refractivity contribution is 7.99.